The first-order valence-corrected chi connectivity index (χ1v) is 9.69. The maximum Gasteiger partial charge on any atom is 0.323 e. The molecular formula is C24H22N4O2. The number of nitrogens with zero attached hydrogens (tertiary/aromatic N) is 2. The summed E-state index contributed by atoms with van der Waals surface area (Å²) in [6.45, 7) is 4.15. The topological polar surface area (TPSA) is 76.0 Å². The maximum atomic E-state index is 12.6. The summed E-state index contributed by atoms with van der Waals surface area (Å²) in [6, 6.07) is 22.3. The van der Waals surface area contributed by atoms with Gasteiger partial charge in [0, 0.05) is 11.4 Å². The molecule has 3 aromatic carbocycles. The third-order valence-corrected chi connectivity index (χ3v) is 4.88. The largest absolute Gasteiger partial charge is 0.323 e. The monoisotopic (exact) mass is 398 g/mol. The van der Waals surface area contributed by atoms with Gasteiger partial charge in [-0.1, -0.05) is 42.0 Å². The molecule has 4 aromatic rings. The van der Waals surface area contributed by atoms with Crippen molar-refractivity contribution >= 4 is 28.4 Å². The number of amides is 2. The zero-order valence-electron chi connectivity index (χ0n) is 16.8. The van der Waals surface area contributed by atoms with Crippen LogP contribution in [0.5, 0.6) is 0 Å². The van der Waals surface area contributed by atoms with Gasteiger partial charge >= 0.3 is 6.03 Å². The zero-order valence-corrected chi connectivity index (χ0v) is 16.8. The molecule has 0 atom stereocenters. The number of carbonyl (C=O) groups excluding carboxylic acids is 1. The van der Waals surface area contributed by atoms with Crippen LogP contribution in [0, 0.1) is 13.8 Å². The third kappa shape index (κ3) is 4.22. The first kappa shape index (κ1) is 19.4. The van der Waals surface area contributed by atoms with Crippen LogP contribution in [0.15, 0.2) is 77.6 Å². The molecule has 2 N–H and O–H groups in total. The second-order valence-corrected chi connectivity index (χ2v) is 7.22. The molecule has 1 heterocycles. The molecule has 0 aliphatic rings. The third-order valence-electron chi connectivity index (χ3n) is 4.88. The van der Waals surface area contributed by atoms with E-state index in [4.69, 9.17) is 0 Å². The molecule has 0 bridgehead atoms. The second-order valence-electron chi connectivity index (χ2n) is 7.22. The second kappa shape index (κ2) is 8.21. The summed E-state index contributed by atoms with van der Waals surface area (Å²) in [5, 5.41) is 5.62. The van der Waals surface area contributed by atoms with Gasteiger partial charge in [-0.05, 0) is 55.8 Å². The average molecular weight is 398 g/mol. The molecule has 6 heteroatoms. The minimum atomic E-state index is -0.307. The van der Waals surface area contributed by atoms with E-state index in [1.54, 1.807) is 11.5 Å². The van der Waals surface area contributed by atoms with Gasteiger partial charge in [0.2, 0.25) is 0 Å². The van der Waals surface area contributed by atoms with E-state index >= 15 is 0 Å². The van der Waals surface area contributed by atoms with E-state index in [0.717, 1.165) is 27.8 Å². The summed E-state index contributed by atoms with van der Waals surface area (Å²) >= 11 is 0. The molecule has 0 fully saturated rings. The first-order chi connectivity index (χ1) is 14.5. The summed E-state index contributed by atoms with van der Waals surface area (Å²) in [4.78, 5) is 29.2. The van der Waals surface area contributed by atoms with Crippen molar-refractivity contribution in [1.29, 1.82) is 0 Å². The molecule has 0 spiro atoms. The number of nitrogens with one attached hydrogen (secondary N) is 2. The van der Waals surface area contributed by atoms with E-state index in [1.807, 2.05) is 79.7 Å². The van der Waals surface area contributed by atoms with Crippen molar-refractivity contribution in [2.24, 2.45) is 0 Å². The predicted octanol–water partition coefficient (Wildman–Crippen LogP) is 4.71. The average Bonchev–Trinajstić information content (AvgIpc) is 2.74. The molecule has 4 rings (SSSR count). The smallest absolute Gasteiger partial charge is 0.308 e. The summed E-state index contributed by atoms with van der Waals surface area (Å²) in [5.74, 6) is 0. The lowest BCUT2D eigenvalue weighted by Crippen LogP contribution is -2.24. The SMILES string of the molecule is Cc1ccc(NC(=O)Nc2ccc(Cn3c(=O)c(C)nc4ccccc43)cc2)cc1. The highest BCUT2D eigenvalue weighted by Gasteiger charge is 2.09. The molecule has 1 aromatic heterocycles. The molecule has 150 valence electrons. The van der Waals surface area contributed by atoms with E-state index in [1.165, 1.54) is 0 Å². The Balaban J connectivity index is 1.49. The van der Waals surface area contributed by atoms with Crippen molar-refractivity contribution < 1.29 is 4.79 Å². The molecule has 6 nitrogen and oxygen atoms in total. The highest BCUT2D eigenvalue weighted by atomic mass is 16.2. The molecule has 0 saturated heterocycles. The standard InChI is InChI=1S/C24H22N4O2/c1-16-7-11-19(12-8-16)26-24(30)27-20-13-9-18(10-14-20)15-28-22-6-4-3-5-21(22)25-17(2)23(28)29/h3-14H,15H2,1-2H3,(H2,26,27,30). The molecule has 0 aliphatic carbocycles. The van der Waals surface area contributed by atoms with E-state index < -0.39 is 0 Å². The summed E-state index contributed by atoms with van der Waals surface area (Å²) in [5.41, 5.74) is 5.45. The normalized spacial score (nSPS) is 10.7. The predicted molar refractivity (Wildman–Crippen MR) is 120 cm³/mol. The summed E-state index contributed by atoms with van der Waals surface area (Å²) in [6.07, 6.45) is 0. The van der Waals surface area contributed by atoms with Gasteiger partial charge < -0.3 is 15.2 Å². The number of aromatic nitrogens is 2. The molecule has 2 amide bonds. The van der Waals surface area contributed by atoms with Crippen LogP contribution < -0.4 is 16.2 Å². The van der Waals surface area contributed by atoms with Crippen molar-refractivity contribution in [3.8, 4) is 0 Å². The minimum absolute atomic E-state index is 0.103. The molecule has 0 radical (unpaired) electrons. The van der Waals surface area contributed by atoms with Crippen LogP contribution in [-0.2, 0) is 6.54 Å². The number of benzene rings is 3. The van der Waals surface area contributed by atoms with Gasteiger partial charge in [-0.25, -0.2) is 9.78 Å². The van der Waals surface area contributed by atoms with Crippen LogP contribution in [0.4, 0.5) is 16.2 Å². The lowest BCUT2D eigenvalue weighted by Gasteiger charge is -2.12. The fourth-order valence-electron chi connectivity index (χ4n) is 3.28. The van der Waals surface area contributed by atoms with Gasteiger partial charge in [-0.3, -0.25) is 4.79 Å². The van der Waals surface area contributed by atoms with Gasteiger partial charge in [0.05, 0.1) is 17.6 Å². The van der Waals surface area contributed by atoms with Crippen LogP contribution in [0.1, 0.15) is 16.8 Å². The Morgan fingerprint density at radius 3 is 2.13 bits per heavy atom. The van der Waals surface area contributed by atoms with Crippen LogP contribution in [0.25, 0.3) is 11.0 Å². The number of hydrogen-bond acceptors (Lipinski definition) is 3. The van der Waals surface area contributed by atoms with E-state index in [0.29, 0.717) is 17.9 Å². The van der Waals surface area contributed by atoms with Gasteiger partial charge in [0.1, 0.15) is 5.69 Å². The van der Waals surface area contributed by atoms with Crippen molar-refractivity contribution in [3.05, 3.63) is 100.0 Å². The molecule has 0 saturated carbocycles. The number of anilines is 2. The van der Waals surface area contributed by atoms with Gasteiger partial charge in [0.15, 0.2) is 0 Å². The lowest BCUT2D eigenvalue weighted by molar-refractivity contribution is 0.262. The van der Waals surface area contributed by atoms with E-state index in [-0.39, 0.29) is 11.6 Å². The number of aryl methyl sites for hydroxylation is 2. The van der Waals surface area contributed by atoms with Gasteiger partial charge in [0.25, 0.3) is 5.56 Å². The van der Waals surface area contributed by atoms with Crippen molar-refractivity contribution in [2.75, 3.05) is 10.6 Å². The Morgan fingerprint density at radius 2 is 1.47 bits per heavy atom. The Labute approximate surface area is 174 Å². The number of hydrogen-bond donors (Lipinski definition) is 2. The summed E-state index contributed by atoms with van der Waals surface area (Å²) in [7, 11) is 0. The molecular weight excluding hydrogens is 376 g/mol. The minimum Gasteiger partial charge on any atom is -0.308 e. The highest BCUT2D eigenvalue weighted by molar-refractivity contribution is 5.99. The van der Waals surface area contributed by atoms with E-state index in [2.05, 4.69) is 15.6 Å². The number of fused-ring (bicyclic) bond motifs is 1. The zero-order chi connectivity index (χ0) is 21.1. The van der Waals surface area contributed by atoms with Crippen molar-refractivity contribution in [1.82, 2.24) is 9.55 Å². The van der Waals surface area contributed by atoms with Crippen molar-refractivity contribution in [2.45, 2.75) is 20.4 Å². The quantitative estimate of drug-likeness (QED) is 0.523. The van der Waals surface area contributed by atoms with Crippen molar-refractivity contribution in [3.63, 3.8) is 0 Å². The fourth-order valence-corrected chi connectivity index (χ4v) is 3.28. The molecule has 0 unspecified atom stereocenters. The Bertz CT molecular complexity index is 1260. The van der Waals surface area contributed by atoms with E-state index in [9.17, 15) is 9.59 Å². The molecule has 0 aliphatic heterocycles. The summed E-state index contributed by atoms with van der Waals surface area (Å²) < 4.78 is 1.73. The number of rotatable bonds is 4. The first-order valence-electron chi connectivity index (χ1n) is 9.69. The van der Waals surface area contributed by atoms with Crippen LogP contribution >= 0.6 is 0 Å². The van der Waals surface area contributed by atoms with Crippen LogP contribution in [-0.4, -0.2) is 15.6 Å². The van der Waals surface area contributed by atoms with Crippen LogP contribution in [0.2, 0.25) is 0 Å². The lowest BCUT2D eigenvalue weighted by atomic mass is 10.2. The fraction of sp³-hybridized carbons (Fsp3) is 0.125. The van der Waals surface area contributed by atoms with Gasteiger partial charge in [-0.15, -0.1) is 0 Å². The Morgan fingerprint density at radius 1 is 0.867 bits per heavy atom. The Kier molecular flexibility index (Phi) is 5.30. The Hall–Kier alpha value is -3.93. The maximum absolute atomic E-state index is 12.6. The molecule has 30 heavy (non-hydrogen) atoms. The number of urea groups is 1. The van der Waals surface area contributed by atoms with Gasteiger partial charge in [-0.2, -0.15) is 0 Å². The number of carbonyl (C=O) groups is 1. The van der Waals surface area contributed by atoms with Crippen LogP contribution in [0.3, 0.4) is 0 Å². The highest BCUT2D eigenvalue weighted by Crippen LogP contribution is 2.15. The number of para-hydroxylation sites is 2.